The molecular weight excluding hydrogens is 328 g/mol. The molecule has 2 saturated heterocycles. The topological polar surface area (TPSA) is 56.2 Å². The van der Waals surface area contributed by atoms with E-state index < -0.39 is 0 Å². The van der Waals surface area contributed by atoms with E-state index in [1.54, 1.807) is 0 Å². The molecule has 0 spiro atoms. The Morgan fingerprint density at radius 2 is 2.12 bits per heavy atom. The van der Waals surface area contributed by atoms with E-state index in [0.29, 0.717) is 12.6 Å². The van der Waals surface area contributed by atoms with Gasteiger partial charge in [-0.3, -0.25) is 4.90 Å². The molecule has 0 bridgehead atoms. The molecule has 1 N–H and O–H groups in total. The molecule has 0 amide bonds. The number of rotatable bonds is 5. The maximum Gasteiger partial charge on any atom is 0.194 e. The molecule has 0 radical (unpaired) electrons. The van der Waals surface area contributed by atoms with Crippen molar-refractivity contribution in [1.29, 1.82) is 0 Å². The number of hydrogen-bond donors (Lipinski definition) is 1. The molecular formula is C19H32N6O. The van der Waals surface area contributed by atoms with Gasteiger partial charge >= 0.3 is 0 Å². The van der Waals surface area contributed by atoms with Gasteiger partial charge in [-0.05, 0) is 25.5 Å². The Morgan fingerprint density at radius 1 is 1.31 bits per heavy atom. The Labute approximate surface area is 157 Å². The highest BCUT2D eigenvalue weighted by Crippen LogP contribution is 2.17. The first-order chi connectivity index (χ1) is 12.7. The zero-order chi connectivity index (χ0) is 18.4. The fourth-order valence-corrected chi connectivity index (χ4v) is 3.56. The average Bonchev–Trinajstić information content (AvgIpc) is 3.16. The van der Waals surface area contributed by atoms with Gasteiger partial charge in [0, 0.05) is 52.9 Å². The summed E-state index contributed by atoms with van der Waals surface area (Å²) < 4.78 is 5.48. The van der Waals surface area contributed by atoms with E-state index in [9.17, 15) is 0 Å². The first-order valence-corrected chi connectivity index (χ1v) is 9.65. The lowest BCUT2D eigenvalue weighted by atomic mass is 10.2. The zero-order valence-electron chi connectivity index (χ0n) is 16.3. The number of nitrogens with zero attached hydrogens (tertiary/aromatic N) is 5. The minimum Gasteiger partial charge on any atom is -0.379 e. The van der Waals surface area contributed by atoms with Crippen LogP contribution in [0.25, 0.3) is 0 Å². The summed E-state index contributed by atoms with van der Waals surface area (Å²) in [5.74, 6) is 1.97. The highest BCUT2D eigenvalue weighted by atomic mass is 16.5. The van der Waals surface area contributed by atoms with E-state index >= 15 is 0 Å². The normalized spacial score (nSPS) is 21.9. The number of ether oxygens (including phenoxy) is 1. The summed E-state index contributed by atoms with van der Waals surface area (Å²) in [6, 6.07) is 6.72. The highest BCUT2D eigenvalue weighted by Gasteiger charge is 2.30. The number of anilines is 1. The number of aromatic nitrogens is 1. The van der Waals surface area contributed by atoms with E-state index in [1.165, 1.54) is 6.42 Å². The monoisotopic (exact) mass is 360 g/mol. The second-order valence-electron chi connectivity index (χ2n) is 7.09. The average molecular weight is 361 g/mol. The number of aliphatic imine (C=N–C) groups is 1. The van der Waals surface area contributed by atoms with Gasteiger partial charge in [0.2, 0.25) is 0 Å². The molecule has 1 aromatic rings. The molecule has 0 aliphatic carbocycles. The second-order valence-corrected chi connectivity index (χ2v) is 7.09. The van der Waals surface area contributed by atoms with Crippen LogP contribution in [-0.4, -0.2) is 86.8 Å². The van der Waals surface area contributed by atoms with E-state index in [4.69, 9.17) is 9.73 Å². The first kappa shape index (κ1) is 18.9. The lowest BCUT2D eigenvalue weighted by Gasteiger charge is -2.32. The summed E-state index contributed by atoms with van der Waals surface area (Å²) in [5, 5.41) is 3.45. The van der Waals surface area contributed by atoms with E-state index in [2.05, 4.69) is 27.0 Å². The van der Waals surface area contributed by atoms with Crippen molar-refractivity contribution in [2.45, 2.75) is 25.9 Å². The minimum atomic E-state index is 0.600. The molecule has 1 aromatic heterocycles. The third-order valence-electron chi connectivity index (χ3n) is 5.00. The Bertz CT molecular complexity index is 599. The van der Waals surface area contributed by atoms with Crippen molar-refractivity contribution >= 4 is 11.8 Å². The summed E-state index contributed by atoms with van der Waals surface area (Å²) in [7, 11) is 4.02. The Hall–Kier alpha value is -1.86. The Balaban J connectivity index is 1.63. The lowest BCUT2D eigenvalue weighted by Crippen LogP contribution is -2.46. The van der Waals surface area contributed by atoms with Gasteiger partial charge in [-0.15, -0.1) is 0 Å². The van der Waals surface area contributed by atoms with Gasteiger partial charge in [0.05, 0.1) is 25.5 Å². The quantitative estimate of drug-likeness (QED) is 0.625. The van der Waals surface area contributed by atoms with Crippen molar-refractivity contribution in [1.82, 2.24) is 20.1 Å². The van der Waals surface area contributed by atoms with E-state index in [-0.39, 0.29) is 0 Å². The largest absolute Gasteiger partial charge is 0.379 e. The first-order valence-electron chi connectivity index (χ1n) is 9.65. The van der Waals surface area contributed by atoms with E-state index in [1.807, 2.05) is 37.2 Å². The fourth-order valence-electron chi connectivity index (χ4n) is 3.56. The molecule has 2 aliphatic rings. The van der Waals surface area contributed by atoms with Crippen LogP contribution >= 0.6 is 0 Å². The SMILES string of the molecule is CCNC(=NCc1cccc(N(C)C)n1)N1CCC(N2CCOCC2)C1. The number of likely N-dealkylation sites (tertiary alicyclic amines) is 1. The molecule has 26 heavy (non-hydrogen) atoms. The van der Waals surface area contributed by atoms with Crippen molar-refractivity contribution in [3.63, 3.8) is 0 Å². The minimum absolute atomic E-state index is 0.600. The van der Waals surface area contributed by atoms with Gasteiger partial charge in [0.25, 0.3) is 0 Å². The van der Waals surface area contributed by atoms with Crippen molar-refractivity contribution in [3.8, 4) is 0 Å². The van der Waals surface area contributed by atoms with Crippen LogP contribution in [0, 0.1) is 0 Å². The van der Waals surface area contributed by atoms with Crippen LogP contribution in [0.3, 0.4) is 0 Å². The van der Waals surface area contributed by atoms with Crippen LogP contribution in [0.1, 0.15) is 19.0 Å². The fraction of sp³-hybridized carbons (Fsp3) is 0.684. The van der Waals surface area contributed by atoms with Gasteiger partial charge in [0.1, 0.15) is 5.82 Å². The number of morpholine rings is 1. The second kappa shape index (κ2) is 9.19. The maximum atomic E-state index is 5.48. The zero-order valence-corrected chi connectivity index (χ0v) is 16.3. The van der Waals surface area contributed by atoms with Crippen LogP contribution in [-0.2, 0) is 11.3 Å². The Morgan fingerprint density at radius 3 is 2.85 bits per heavy atom. The molecule has 0 aromatic carbocycles. The van der Waals surface area contributed by atoms with Crippen molar-refractivity contribution in [3.05, 3.63) is 23.9 Å². The molecule has 144 valence electrons. The van der Waals surface area contributed by atoms with Crippen LogP contribution in [0.2, 0.25) is 0 Å². The predicted octanol–water partition coefficient (Wildman–Crippen LogP) is 1.02. The molecule has 3 rings (SSSR count). The summed E-state index contributed by atoms with van der Waals surface area (Å²) >= 11 is 0. The molecule has 1 unspecified atom stereocenters. The van der Waals surface area contributed by atoms with Crippen LogP contribution in [0.15, 0.2) is 23.2 Å². The predicted molar refractivity (Wildman–Crippen MR) is 106 cm³/mol. The molecule has 7 heteroatoms. The van der Waals surface area contributed by atoms with Crippen molar-refractivity contribution in [2.24, 2.45) is 4.99 Å². The maximum absolute atomic E-state index is 5.48. The molecule has 1 atom stereocenters. The molecule has 7 nitrogen and oxygen atoms in total. The smallest absolute Gasteiger partial charge is 0.194 e. The number of pyridine rings is 1. The van der Waals surface area contributed by atoms with Gasteiger partial charge in [-0.25, -0.2) is 9.98 Å². The molecule has 2 aliphatic heterocycles. The van der Waals surface area contributed by atoms with Crippen molar-refractivity contribution in [2.75, 3.05) is 64.9 Å². The summed E-state index contributed by atoms with van der Waals surface area (Å²) in [6.07, 6.45) is 1.19. The van der Waals surface area contributed by atoms with Crippen molar-refractivity contribution < 1.29 is 4.74 Å². The van der Waals surface area contributed by atoms with Gasteiger partial charge in [-0.2, -0.15) is 0 Å². The van der Waals surface area contributed by atoms with Crippen LogP contribution < -0.4 is 10.2 Å². The number of hydrogen-bond acceptors (Lipinski definition) is 5. The summed E-state index contributed by atoms with van der Waals surface area (Å²) in [6.45, 7) is 9.51. The van der Waals surface area contributed by atoms with Crippen LogP contribution in [0.5, 0.6) is 0 Å². The summed E-state index contributed by atoms with van der Waals surface area (Å²) in [5.41, 5.74) is 0.996. The van der Waals surface area contributed by atoms with Gasteiger partial charge in [-0.1, -0.05) is 6.07 Å². The molecule has 0 saturated carbocycles. The van der Waals surface area contributed by atoms with E-state index in [0.717, 1.165) is 63.4 Å². The third kappa shape index (κ3) is 4.86. The summed E-state index contributed by atoms with van der Waals surface area (Å²) in [4.78, 5) is 16.5. The number of guanidine groups is 1. The van der Waals surface area contributed by atoms with Crippen LogP contribution in [0.4, 0.5) is 5.82 Å². The van der Waals surface area contributed by atoms with Gasteiger partial charge in [0.15, 0.2) is 5.96 Å². The lowest BCUT2D eigenvalue weighted by molar-refractivity contribution is 0.0195. The Kier molecular flexibility index (Phi) is 6.68. The highest BCUT2D eigenvalue weighted by molar-refractivity contribution is 5.80. The third-order valence-corrected chi connectivity index (χ3v) is 5.00. The molecule has 2 fully saturated rings. The molecule has 3 heterocycles. The van der Waals surface area contributed by atoms with Gasteiger partial charge < -0.3 is 19.9 Å². The number of nitrogens with one attached hydrogen (secondary N) is 1. The standard InChI is InChI=1S/C19H32N6O/c1-4-20-19(21-14-16-6-5-7-18(22-16)23(2)3)25-9-8-17(15-25)24-10-12-26-13-11-24/h5-7,17H,4,8-15H2,1-3H3,(H,20,21).